The first-order valence-corrected chi connectivity index (χ1v) is 6.11. The summed E-state index contributed by atoms with van der Waals surface area (Å²) in [4.78, 5) is 13.2. The number of anilines is 1. The van der Waals surface area contributed by atoms with Crippen molar-refractivity contribution in [3.05, 3.63) is 29.3 Å². The van der Waals surface area contributed by atoms with Gasteiger partial charge in [-0.15, -0.1) is 0 Å². The van der Waals surface area contributed by atoms with Crippen molar-refractivity contribution in [2.45, 2.75) is 39.2 Å². The third-order valence-corrected chi connectivity index (χ3v) is 3.35. The van der Waals surface area contributed by atoms with Gasteiger partial charge in [-0.05, 0) is 43.5 Å². The van der Waals surface area contributed by atoms with Crippen LogP contribution in [0.2, 0.25) is 0 Å². The second kappa shape index (κ2) is 4.69. The van der Waals surface area contributed by atoms with Gasteiger partial charge in [-0.3, -0.25) is 4.79 Å². The highest BCUT2D eigenvalue weighted by Gasteiger charge is 2.25. The summed E-state index contributed by atoms with van der Waals surface area (Å²) < 4.78 is 0. The molecule has 0 N–H and O–H groups in total. The average Bonchev–Trinajstić information content (AvgIpc) is 2.61. The van der Waals surface area contributed by atoms with Gasteiger partial charge in [0.15, 0.2) is 0 Å². The molecule has 2 nitrogen and oxygen atoms in total. The molecule has 0 spiro atoms. The molecule has 2 rings (SSSR count). The van der Waals surface area contributed by atoms with Crippen LogP contribution >= 0.6 is 0 Å². The SMILES string of the molecule is CCCCN1c2ccc(C=O)cc2CC1C. The Balaban J connectivity index is 2.24. The number of aldehydes is 1. The Morgan fingerprint density at radius 3 is 3.00 bits per heavy atom. The van der Waals surface area contributed by atoms with E-state index in [0.29, 0.717) is 6.04 Å². The largest absolute Gasteiger partial charge is 0.368 e. The molecule has 1 unspecified atom stereocenters. The fourth-order valence-electron chi connectivity index (χ4n) is 2.46. The maximum absolute atomic E-state index is 10.7. The molecule has 86 valence electrons. The summed E-state index contributed by atoms with van der Waals surface area (Å²) in [5.41, 5.74) is 3.45. The summed E-state index contributed by atoms with van der Waals surface area (Å²) in [7, 11) is 0. The van der Waals surface area contributed by atoms with Crippen LogP contribution in [0.4, 0.5) is 5.69 Å². The quantitative estimate of drug-likeness (QED) is 0.722. The molecule has 0 bridgehead atoms. The Hall–Kier alpha value is -1.31. The molecular weight excluding hydrogens is 198 g/mol. The Labute approximate surface area is 97.3 Å². The van der Waals surface area contributed by atoms with Gasteiger partial charge in [-0.1, -0.05) is 13.3 Å². The van der Waals surface area contributed by atoms with Gasteiger partial charge in [0.05, 0.1) is 0 Å². The zero-order valence-corrected chi connectivity index (χ0v) is 10.1. The van der Waals surface area contributed by atoms with Crippen molar-refractivity contribution in [1.82, 2.24) is 0 Å². The van der Waals surface area contributed by atoms with Crippen molar-refractivity contribution in [2.24, 2.45) is 0 Å². The summed E-state index contributed by atoms with van der Waals surface area (Å²) in [6.45, 7) is 5.61. The van der Waals surface area contributed by atoms with Crippen LogP contribution < -0.4 is 4.90 Å². The van der Waals surface area contributed by atoms with Crippen LogP contribution in [-0.2, 0) is 6.42 Å². The Morgan fingerprint density at radius 1 is 1.50 bits per heavy atom. The van der Waals surface area contributed by atoms with Gasteiger partial charge in [0, 0.05) is 23.8 Å². The molecule has 1 aromatic carbocycles. The van der Waals surface area contributed by atoms with E-state index in [0.717, 1.165) is 24.8 Å². The molecule has 2 heteroatoms. The molecule has 1 aliphatic rings. The third-order valence-electron chi connectivity index (χ3n) is 3.35. The van der Waals surface area contributed by atoms with Gasteiger partial charge in [-0.2, -0.15) is 0 Å². The maximum Gasteiger partial charge on any atom is 0.150 e. The number of hydrogen-bond acceptors (Lipinski definition) is 2. The number of rotatable bonds is 4. The highest BCUT2D eigenvalue weighted by atomic mass is 16.1. The average molecular weight is 217 g/mol. The molecule has 0 fully saturated rings. The lowest BCUT2D eigenvalue weighted by atomic mass is 10.1. The minimum atomic E-state index is 0.573. The Kier molecular flexibility index (Phi) is 3.28. The molecule has 1 heterocycles. The molecule has 1 atom stereocenters. The third kappa shape index (κ3) is 1.97. The summed E-state index contributed by atoms with van der Waals surface area (Å²) in [5, 5.41) is 0. The summed E-state index contributed by atoms with van der Waals surface area (Å²) >= 11 is 0. The monoisotopic (exact) mass is 217 g/mol. The minimum Gasteiger partial charge on any atom is -0.368 e. The van der Waals surface area contributed by atoms with Crippen LogP contribution in [0.1, 0.15) is 42.6 Å². The van der Waals surface area contributed by atoms with Gasteiger partial charge in [0.1, 0.15) is 6.29 Å². The van der Waals surface area contributed by atoms with Crippen molar-refractivity contribution in [2.75, 3.05) is 11.4 Å². The first kappa shape index (κ1) is 11.2. The summed E-state index contributed by atoms with van der Waals surface area (Å²) in [6.07, 6.45) is 4.46. The van der Waals surface area contributed by atoms with E-state index in [4.69, 9.17) is 0 Å². The van der Waals surface area contributed by atoms with Gasteiger partial charge >= 0.3 is 0 Å². The van der Waals surface area contributed by atoms with Gasteiger partial charge in [-0.25, -0.2) is 0 Å². The van der Waals surface area contributed by atoms with Crippen LogP contribution in [0.15, 0.2) is 18.2 Å². The van der Waals surface area contributed by atoms with Crippen LogP contribution in [0, 0.1) is 0 Å². The number of carbonyl (C=O) groups excluding carboxylic acids is 1. The van der Waals surface area contributed by atoms with Crippen molar-refractivity contribution in [1.29, 1.82) is 0 Å². The second-order valence-electron chi connectivity index (χ2n) is 4.61. The summed E-state index contributed by atoms with van der Waals surface area (Å²) in [6, 6.07) is 6.62. The molecule has 1 aromatic rings. The number of carbonyl (C=O) groups is 1. The number of fused-ring (bicyclic) bond motifs is 1. The predicted octanol–water partition coefficient (Wildman–Crippen LogP) is 3.05. The van der Waals surface area contributed by atoms with Crippen molar-refractivity contribution < 1.29 is 4.79 Å². The van der Waals surface area contributed by atoms with Crippen molar-refractivity contribution in [3.63, 3.8) is 0 Å². The zero-order valence-electron chi connectivity index (χ0n) is 10.1. The molecular formula is C14H19NO. The molecule has 0 aliphatic carbocycles. The van der Waals surface area contributed by atoms with E-state index in [-0.39, 0.29) is 0 Å². The molecule has 0 saturated heterocycles. The van der Waals surface area contributed by atoms with E-state index >= 15 is 0 Å². The Morgan fingerprint density at radius 2 is 2.31 bits per heavy atom. The first-order chi connectivity index (χ1) is 7.76. The topological polar surface area (TPSA) is 20.3 Å². The molecule has 0 aromatic heterocycles. The van der Waals surface area contributed by atoms with Crippen molar-refractivity contribution >= 4 is 12.0 Å². The fourth-order valence-corrected chi connectivity index (χ4v) is 2.46. The van der Waals surface area contributed by atoms with Gasteiger partial charge in [0.25, 0.3) is 0 Å². The van der Waals surface area contributed by atoms with E-state index in [1.54, 1.807) is 0 Å². The lowest BCUT2D eigenvalue weighted by molar-refractivity contribution is 0.112. The molecule has 1 aliphatic heterocycles. The number of unbranched alkanes of at least 4 members (excludes halogenated alkanes) is 1. The van der Waals surface area contributed by atoms with Crippen LogP contribution in [-0.4, -0.2) is 18.9 Å². The highest BCUT2D eigenvalue weighted by molar-refractivity contribution is 5.77. The highest BCUT2D eigenvalue weighted by Crippen LogP contribution is 2.32. The summed E-state index contributed by atoms with van der Waals surface area (Å²) in [5.74, 6) is 0. The standard InChI is InChI=1S/C14H19NO/c1-3-4-7-15-11(2)8-13-9-12(10-16)5-6-14(13)15/h5-6,9-11H,3-4,7-8H2,1-2H3. The number of nitrogens with zero attached hydrogens (tertiary/aromatic N) is 1. The van der Waals surface area contributed by atoms with E-state index < -0.39 is 0 Å². The van der Waals surface area contributed by atoms with E-state index in [1.165, 1.54) is 24.1 Å². The van der Waals surface area contributed by atoms with Crippen LogP contribution in [0.3, 0.4) is 0 Å². The maximum atomic E-state index is 10.7. The Bertz CT molecular complexity index is 386. The smallest absolute Gasteiger partial charge is 0.150 e. The van der Waals surface area contributed by atoms with Gasteiger partial charge in [0.2, 0.25) is 0 Å². The second-order valence-corrected chi connectivity index (χ2v) is 4.61. The fraction of sp³-hybridized carbons (Fsp3) is 0.500. The minimum absolute atomic E-state index is 0.573. The van der Waals surface area contributed by atoms with E-state index in [1.807, 2.05) is 12.1 Å². The molecule has 16 heavy (non-hydrogen) atoms. The van der Waals surface area contributed by atoms with Crippen LogP contribution in [0.25, 0.3) is 0 Å². The van der Waals surface area contributed by atoms with Gasteiger partial charge < -0.3 is 4.90 Å². The van der Waals surface area contributed by atoms with Crippen LogP contribution in [0.5, 0.6) is 0 Å². The van der Waals surface area contributed by atoms with Crippen molar-refractivity contribution in [3.8, 4) is 0 Å². The number of benzene rings is 1. The molecule has 0 saturated carbocycles. The van der Waals surface area contributed by atoms with E-state index in [2.05, 4.69) is 24.8 Å². The first-order valence-electron chi connectivity index (χ1n) is 6.11. The lowest BCUT2D eigenvalue weighted by Crippen LogP contribution is -2.30. The molecule has 0 amide bonds. The van der Waals surface area contributed by atoms with E-state index in [9.17, 15) is 4.79 Å². The lowest BCUT2D eigenvalue weighted by Gasteiger charge is -2.24. The zero-order chi connectivity index (χ0) is 11.5. The predicted molar refractivity (Wildman–Crippen MR) is 67.2 cm³/mol. The number of hydrogen-bond donors (Lipinski definition) is 0. The molecule has 0 radical (unpaired) electrons. The normalized spacial score (nSPS) is 18.6.